The first-order valence-electron chi connectivity index (χ1n) is 17.9. The second kappa shape index (κ2) is 12.9. The number of para-hydroxylation sites is 2. The Bertz CT molecular complexity index is 2870. The maximum atomic E-state index is 5.25. The molecule has 0 bridgehead atoms. The lowest BCUT2D eigenvalue weighted by atomic mass is 9.96. The highest BCUT2D eigenvalue weighted by Crippen LogP contribution is 2.39. The van der Waals surface area contributed by atoms with Gasteiger partial charge in [-0.1, -0.05) is 170 Å². The Kier molecular flexibility index (Phi) is 7.43. The predicted molar refractivity (Wildman–Crippen MR) is 219 cm³/mol. The summed E-state index contributed by atoms with van der Waals surface area (Å²) in [5.74, 6) is 1.87. The van der Waals surface area contributed by atoms with E-state index in [0.29, 0.717) is 17.5 Å². The molecule has 0 atom stereocenters. The van der Waals surface area contributed by atoms with Gasteiger partial charge in [0.25, 0.3) is 0 Å². The van der Waals surface area contributed by atoms with Crippen molar-refractivity contribution in [3.63, 3.8) is 0 Å². The molecular formula is C49H32N4. The van der Waals surface area contributed by atoms with Crippen LogP contribution in [0.4, 0.5) is 0 Å². The third-order valence-corrected chi connectivity index (χ3v) is 10.1. The summed E-state index contributed by atoms with van der Waals surface area (Å²) in [7, 11) is 0. The van der Waals surface area contributed by atoms with Crippen LogP contribution in [0.15, 0.2) is 194 Å². The van der Waals surface area contributed by atoms with Gasteiger partial charge in [0.15, 0.2) is 17.5 Å². The fraction of sp³-hybridized carbons (Fsp3) is 0. The van der Waals surface area contributed by atoms with Crippen molar-refractivity contribution in [2.75, 3.05) is 0 Å². The molecule has 0 radical (unpaired) electrons. The van der Waals surface area contributed by atoms with Crippen molar-refractivity contribution in [2.24, 2.45) is 0 Å². The van der Waals surface area contributed by atoms with Gasteiger partial charge >= 0.3 is 0 Å². The zero-order chi connectivity index (χ0) is 35.1. The summed E-state index contributed by atoms with van der Waals surface area (Å²) in [6, 6.07) is 68.1. The van der Waals surface area contributed by atoms with Crippen LogP contribution in [0.2, 0.25) is 0 Å². The van der Waals surface area contributed by atoms with Crippen LogP contribution in [0, 0.1) is 0 Å². The molecular weight excluding hydrogens is 645 g/mol. The van der Waals surface area contributed by atoms with Crippen LogP contribution in [-0.2, 0) is 0 Å². The summed E-state index contributed by atoms with van der Waals surface area (Å²) in [6.45, 7) is 0. The molecule has 10 aromatic rings. The number of aromatic nitrogens is 4. The van der Waals surface area contributed by atoms with Gasteiger partial charge in [-0.15, -0.1) is 0 Å². The second-order valence-corrected chi connectivity index (χ2v) is 13.2. The number of rotatable bonds is 6. The first-order valence-corrected chi connectivity index (χ1v) is 17.9. The van der Waals surface area contributed by atoms with Crippen LogP contribution in [-0.4, -0.2) is 19.5 Å². The Morgan fingerprint density at radius 2 is 0.774 bits per heavy atom. The number of benzene rings is 8. The minimum Gasteiger partial charge on any atom is -0.308 e. The van der Waals surface area contributed by atoms with Crippen LogP contribution in [0.25, 0.3) is 94.7 Å². The van der Waals surface area contributed by atoms with E-state index in [0.717, 1.165) is 44.5 Å². The van der Waals surface area contributed by atoms with Gasteiger partial charge in [-0.25, -0.2) is 15.0 Å². The van der Waals surface area contributed by atoms with E-state index >= 15 is 0 Å². The fourth-order valence-electron chi connectivity index (χ4n) is 7.52. The Balaban J connectivity index is 1.23. The Morgan fingerprint density at radius 3 is 1.45 bits per heavy atom. The molecule has 0 spiro atoms. The third-order valence-electron chi connectivity index (χ3n) is 10.1. The van der Waals surface area contributed by atoms with Crippen molar-refractivity contribution >= 4 is 32.6 Å². The van der Waals surface area contributed by atoms with E-state index in [4.69, 9.17) is 15.0 Å². The molecule has 0 N–H and O–H groups in total. The van der Waals surface area contributed by atoms with Crippen molar-refractivity contribution in [3.05, 3.63) is 194 Å². The SMILES string of the molecule is c1ccc(-c2ccc(-c3nc(-c4ccccc4)nc(-c4ccc(-c5cccc6ccccc56)cc4-n4c5ccccc5c5ccccc54)n3)cc2)cc1. The molecule has 0 saturated carbocycles. The third kappa shape index (κ3) is 5.45. The van der Waals surface area contributed by atoms with E-state index in [1.807, 2.05) is 24.3 Å². The maximum Gasteiger partial charge on any atom is 0.166 e. The standard InChI is InChI=1S/C49H32N4/c1-3-14-33(15-4-1)34-26-28-37(29-27-34)48-50-47(36-17-5-2-6-18-36)51-49(52-48)43-31-30-38(40-23-13-19-35-16-7-8-20-39(35)40)32-46(43)53-44-24-11-9-21-41(44)42-22-10-12-25-45(42)53/h1-32H. The molecule has 0 fully saturated rings. The Hall–Kier alpha value is -7.17. The number of hydrogen-bond donors (Lipinski definition) is 0. The minimum absolute atomic E-state index is 0.613. The Morgan fingerprint density at radius 1 is 0.302 bits per heavy atom. The zero-order valence-corrected chi connectivity index (χ0v) is 28.8. The molecule has 4 nitrogen and oxygen atoms in total. The van der Waals surface area contributed by atoms with Crippen LogP contribution in [0.1, 0.15) is 0 Å². The molecule has 248 valence electrons. The summed E-state index contributed by atoms with van der Waals surface area (Å²) in [5, 5.41) is 4.82. The largest absolute Gasteiger partial charge is 0.308 e. The number of nitrogens with zero attached hydrogens (tertiary/aromatic N) is 4. The van der Waals surface area contributed by atoms with Gasteiger partial charge in [-0.3, -0.25) is 0 Å². The average Bonchev–Trinajstić information content (AvgIpc) is 3.58. The molecule has 0 aliphatic carbocycles. The van der Waals surface area contributed by atoms with Crippen molar-refractivity contribution in [1.29, 1.82) is 0 Å². The smallest absolute Gasteiger partial charge is 0.166 e. The summed E-state index contributed by atoms with van der Waals surface area (Å²) in [4.78, 5) is 15.5. The van der Waals surface area contributed by atoms with Crippen LogP contribution >= 0.6 is 0 Å². The van der Waals surface area contributed by atoms with Gasteiger partial charge in [-0.2, -0.15) is 0 Å². The molecule has 0 aliphatic heterocycles. The summed E-state index contributed by atoms with van der Waals surface area (Å²) < 4.78 is 2.37. The molecule has 0 amide bonds. The van der Waals surface area contributed by atoms with Crippen molar-refractivity contribution in [1.82, 2.24) is 19.5 Å². The van der Waals surface area contributed by atoms with Crippen molar-refractivity contribution in [3.8, 4) is 62.1 Å². The Labute approximate surface area is 307 Å². The predicted octanol–water partition coefficient (Wildman–Crippen LogP) is 12.5. The summed E-state index contributed by atoms with van der Waals surface area (Å²) in [5.41, 5.74) is 10.6. The van der Waals surface area contributed by atoms with Crippen molar-refractivity contribution < 1.29 is 0 Å². The molecule has 0 saturated heterocycles. The molecule has 2 aromatic heterocycles. The molecule has 8 aromatic carbocycles. The van der Waals surface area contributed by atoms with Gasteiger partial charge in [0.2, 0.25) is 0 Å². The van der Waals surface area contributed by atoms with E-state index in [1.165, 1.54) is 32.7 Å². The van der Waals surface area contributed by atoms with Gasteiger partial charge < -0.3 is 4.57 Å². The fourth-order valence-corrected chi connectivity index (χ4v) is 7.52. The zero-order valence-electron chi connectivity index (χ0n) is 28.8. The van der Waals surface area contributed by atoms with Gasteiger partial charge in [0.1, 0.15) is 0 Å². The molecule has 0 aliphatic rings. The average molecular weight is 677 g/mol. The lowest BCUT2D eigenvalue weighted by Crippen LogP contribution is -2.04. The highest BCUT2D eigenvalue weighted by molar-refractivity contribution is 6.10. The minimum atomic E-state index is 0.613. The van der Waals surface area contributed by atoms with E-state index in [9.17, 15) is 0 Å². The van der Waals surface area contributed by atoms with Gasteiger partial charge in [0, 0.05) is 27.5 Å². The highest BCUT2D eigenvalue weighted by atomic mass is 15.1. The molecule has 2 heterocycles. The lowest BCUT2D eigenvalue weighted by molar-refractivity contribution is 1.06. The molecule has 53 heavy (non-hydrogen) atoms. The van der Waals surface area contributed by atoms with Gasteiger partial charge in [-0.05, 0) is 57.3 Å². The first-order chi connectivity index (χ1) is 26.3. The quantitative estimate of drug-likeness (QED) is 0.176. The molecule has 4 heteroatoms. The van der Waals surface area contributed by atoms with E-state index in [-0.39, 0.29) is 0 Å². The van der Waals surface area contributed by atoms with E-state index in [2.05, 4.69) is 174 Å². The lowest BCUT2D eigenvalue weighted by Gasteiger charge is -2.17. The second-order valence-electron chi connectivity index (χ2n) is 13.2. The van der Waals surface area contributed by atoms with Crippen LogP contribution in [0.3, 0.4) is 0 Å². The van der Waals surface area contributed by atoms with E-state index < -0.39 is 0 Å². The summed E-state index contributed by atoms with van der Waals surface area (Å²) >= 11 is 0. The first kappa shape index (κ1) is 30.6. The maximum absolute atomic E-state index is 5.25. The van der Waals surface area contributed by atoms with Crippen LogP contribution in [0.5, 0.6) is 0 Å². The van der Waals surface area contributed by atoms with Crippen molar-refractivity contribution in [2.45, 2.75) is 0 Å². The molecule has 10 rings (SSSR count). The summed E-state index contributed by atoms with van der Waals surface area (Å²) in [6.07, 6.45) is 0. The molecule has 0 unspecified atom stereocenters. The van der Waals surface area contributed by atoms with E-state index in [1.54, 1.807) is 0 Å². The highest BCUT2D eigenvalue weighted by Gasteiger charge is 2.20. The normalized spacial score (nSPS) is 11.4. The topological polar surface area (TPSA) is 43.6 Å². The monoisotopic (exact) mass is 676 g/mol. The number of hydrogen-bond acceptors (Lipinski definition) is 3. The van der Waals surface area contributed by atoms with Gasteiger partial charge in [0.05, 0.1) is 16.7 Å². The number of fused-ring (bicyclic) bond motifs is 4. The van der Waals surface area contributed by atoms with Crippen LogP contribution < -0.4 is 0 Å².